The van der Waals surface area contributed by atoms with Crippen molar-refractivity contribution in [3.63, 3.8) is 0 Å². The van der Waals surface area contributed by atoms with Crippen molar-refractivity contribution in [3.05, 3.63) is 29.6 Å². The van der Waals surface area contributed by atoms with Gasteiger partial charge in [-0.05, 0) is 37.5 Å². The fourth-order valence-electron chi connectivity index (χ4n) is 2.50. The maximum Gasteiger partial charge on any atom is 0.246 e. The van der Waals surface area contributed by atoms with Crippen molar-refractivity contribution >= 4 is 24.0 Å². The van der Waals surface area contributed by atoms with Gasteiger partial charge in [-0.25, -0.2) is 4.39 Å². The molecule has 1 heterocycles. The molecule has 2 N–H and O–H groups in total. The number of carbonyl (C=O) groups is 1. The smallest absolute Gasteiger partial charge is 0.246 e. The summed E-state index contributed by atoms with van der Waals surface area (Å²) < 4.78 is 13.3. The van der Waals surface area contributed by atoms with Crippen molar-refractivity contribution in [1.82, 2.24) is 0 Å². The van der Waals surface area contributed by atoms with Gasteiger partial charge in [0.2, 0.25) is 5.91 Å². The van der Waals surface area contributed by atoms with Crippen LogP contribution in [0.1, 0.15) is 32.3 Å². The van der Waals surface area contributed by atoms with Crippen molar-refractivity contribution in [2.24, 2.45) is 5.73 Å². The molecule has 1 aromatic rings. The molecule has 0 saturated heterocycles. The highest BCUT2D eigenvalue weighted by Gasteiger charge is 2.35. The summed E-state index contributed by atoms with van der Waals surface area (Å²) in [5, 5.41) is 0. The van der Waals surface area contributed by atoms with Crippen LogP contribution in [0.25, 0.3) is 0 Å². The van der Waals surface area contributed by atoms with Crippen LogP contribution >= 0.6 is 12.4 Å². The molecule has 0 aliphatic carbocycles. The Kier molecular flexibility index (Phi) is 4.93. The minimum absolute atomic E-state index is 0. The third kappa shape index (κ3) is 3.07. The van der Waals surface area contributed by atoms with E-state index >= 15 is 0 Å². The molecule has 2 rings (SSSR count). The Bertz CT molecular complexity index is 477. The number of anilines is 1. The van der Waals surface area contributed by atoms with Crippen LogP contribution in [0.2, 0.25) is 0 Å². The standard InChI is InChI=1S/C14H19FN2O.ClH/c1-3-7-14(2,16)13(18)17-8-6-10-4-5-11(15)9-12(10)17;/h4-5,9H,3,6-8,16H2,1-2H3;1H. The Morgan fingerprint density at radius 1 is 1.53 bits per heavy atom. The van der Waals surface area contributed by atoms with Crippen LogP contribution in [0.3, 0.4) is 0 Å². The van der Waals surface area contributed by atoms with Crippen LogP contribution in [-0.2, 0) is 11.2 Å². The molecular formula is C14H20ClFN2O. The Balaban J connectivity index is 0.00000180. The van der Waals surface area contributed by atoms with E-state index in [2.05, 4.69) is 0 Å². The number of nitrogens with two attached hydrogens (primary N) is 1. The van der Waals surface area contributed by atoms with Crippen molar-refractivity contribution in [3.8, 4) is 0 Å². The van der Waals surface area contributed by atoms with E-state index in [0.29, 0.717) is 18.7 Å². The summed E-state index contributed by atoms with van der Waals surface area (Å²) in [5.41, 5.74) is 6.87. The van der Waals surface area contributed by atoms with Crippen molar-refractivity contribution in [2.45, 2.75) is 38.6 Å². The second-order valence-corrected chi connectivity index (χ2v) is 5.15. The van der Waals surface area contributed by atoms with Gasteiger partial charge in [-0.3, -0.25) is 4.79 Å². The summed E-state index contributed by atoms with van der Waals surface area (Å²) >= 11 is 0. The summed E-state index contributed by atoms with van der Waals surface area (Å²) in [7, 11) is 0. The minimum atomic E-state index is -0.872. The van der Waals surface area contributed by atoms with Crippen LogP contribution in [0, 0.1) is 5.82 Å². The molecule has 0 aromatic heterocycles. The highest BCUT2D eigenvalue weighted by molar-refractivity contribution is 6.01. The van der Waals surface area contributed by atoms with Gasteiger partial charge in [-0.15, -0.1) is 12.4 Å². The molecule has 5 heteroatoms. The van der Waals surface area contributed by atoms with Gasteiger partial charge in [-0.2, -0.15) is 0 Å². The molecule has 0 bridgehead atoms. The fourth-order valence-corrected chi connectivity index (χ4v) is 2.50. The number of hydrogen-bond acceptors (Lipinski definition) is 2. The Hall–Kier alpha value is -1.13. The van der Waals surface area contributed by atoms with E-state index in [9.17, 15) is 9.18 Å². The number of amides is 1. The summed E-state index contributed by atoms with van der Waals surface area (Å²) in [6.45, 7) is 4.33. The molecule has 19 heavy (non-hydrogen) atoms. The molecule has 3 nitrogen and oxygen atoms in total. The lowest BCUT2D eigenvalue weighted by atomic mass is 9.95. The maximum atomic E-state index is 13.3. The molecule has 106 valence electrons. The summed E-state index contributed by atoms with van der Waals surface area (Å²) in [5.74, 6) is -0.434. The lowest BCUT2D eigenvalue weighted by Crippen LogP contribution is -2.53. The van der Waals surface area contributed by atoms with Gasteiger partial charge >= 0.3 is 0 Å². The topological polar surface area (TPSA) is 46.3 Å². The van der Waals surface area contributed by atoms with Gasteiger partial charge < -0.3 is 10.6 Å². The van der Waals surface area contributed by atoms with Crippen LogP contribution < -0.4 is 10.6 Å². The van der Waals surface area contributed by atoms with E-state index in [4.69, 9.17) is 5.73 Å². The van der Waals surface area contributed by atoms with Crippen LogP contribution in [-0.4, -0.2) is 18.0 Å². The van der Waals surface area contributed by atoms with Crippen molar-refractivity contribution in [1.29, 1.82) is 0 Å². The highest BCUT2D eigenvalue weighted by atomic mass is 35.5. The first kappa shape index (κ1) is 15.9. The molecule has 1 atom stereocenters. The van der Waals surface area contributed by atoms with E-state index in [1.165, 1.54) is 12.1 Å². The normalized spacial score (nSPS) is 16.5. The number of halogens is 2. The number of hydrogen-bond donors (Lipinski definition) is 1. The third-order valence-corrected chi connectivity index (χ3v) is 3.45. The van der Waals surface area contributed by atoms with Gasteiger partial charge in [0.15, 0.2) is 0 Å². The molecule has 0 spiro atoms. The zero-order valence-electron chi connectivity index (χ0n) is 11.3. The summed E-state index contributed by atoms with van der Waals surface area (Å²) in [6, 6.07) is 4.59. The zero-order chi connectivity index (χ0) is 13.3. The van der Waals surface area contributed by atoms with Crippen LogP contribution in [0.15, 0.2) is 18.2 Å². The van der Waals surface area contributed by atoms with Crippen LogP contribution in [0.5, 0.6) is 0 Å². The predicted molar refractivity (Wildman–Crippen MR) is 77.2 cm³/mol. The van der Waals surface area contributed by atoms with Gasteiger partial charge in [-0.1, -0.05) is 19.4 Å². The largest absolute Gasteiger partial charge is 0.318 e. The molecule has 1 aliphatic heterocycles. The quantitative estimate of drug-likeness (QED) is 0.928. The van der Waals surface area contributed by atoms with Gasteiger partial charge in [0.1, 0.15) is 5.82 Å². The van der Waals surface area contributed by atoms with Gasteiger partial charge in [0.25, 0.3) is 0 Å². The molecule has 0 fully saturated rings. The monoisotopic (exact) mass is 286 g/mol. The molecule has 1 aliphatic rings. The fraction of sp³-hybridized carbons (Fsp3) is 0.500. The highest BCUT2D eigenvalue weighted by Crippen LogP contribution is 2.30. The van der Waals surface area contributed by atoms with E-state index in [0.717, 1.165) is 18.4 Å². The molecule has 1 aromatic carbocycles. The lowest BCUT2D eigenvalue weighted by molar-refractivity contribution is -0.123. The first-order valence-corrected chi connectivity index (χ1v) is 6.35. The average molecular weight is 287 g/mol. The van der Waals surface area contributed by atoms with Crippen molar-refractivity contribution < 1.29 is 9.18 Å². The predicted octanol–water partition coefficient (Wildman–Crippen LogP) is 2.65. The number of nitrogens with zero attached hydrogens (tertiary/aromatic N) is 1. The Morgan fingerprint density at radius 3 is 2.84 bits per heavy atom. The second kappa shape index (κ2) is 5.88. The SMILES string of the molecule is CCCC(C)(N)C(=O)N1CCc2ccc(F)cc21.Cl. The van der Waals surface area contributed by atoms with E-state index in [1.54, 1.807) is 17.9 Å². The number of benzene rings is 1. The maximum absolute atomic E-state index is 13.3. The first-order chi connectivity index (χ1) is 8.45. The Labute approximate surface area is 119 Å². The Morgan fingerprint density at radius 2 is 2.21 bits per heavy atom. The summed E-state index contributed by atoms with van der Waals surface area (Å²) in [6.07, 6.45) is 2.25. The molecule has 1 unspecified atom stereocenters. The van der Waals surface area contributed by atoms with Crippen molar-refractivity contribution in [2.75, 3.05) is 11.4 Å². The molecule has 0 saturated carbocycles. The van der Waals surface area contributed by atoms with Crippen LogP contribution in [0.4, 0.5) is 10.1 Å². The zero-order valence-corrected chi connectivity index (χ0v) is 12.1. The third-order valence-electron chi connectivity index (χ3n) is 3.45. The van der Waals surface area contributed by atoms with Gasteiger partial charge in [0.05, 0.1) is 5.54 Å². The van der Waals surface area contributed by atoms with E-state index in [1.807, 2.05) is 6.92 Å². The summed E-state index contributed by atoms with van der Waals surface area (Å²) in [4.78, 5) is 14.0. The first-order valence-electron chi connectivity index (χ1n) is 6.35. The average Bonchev–Trinajstić information content (AvgIpc) is 2.70. The minimum Gasteiger partial charge on any atom is -0.318 e. The number of fused-ring (bicyclic) bond motifs is 1. The lowest BCUT2D eigenvalue weighted by Gasteiger charge is -2.29. The second-order valence-electron chi connectivity index (χ2n) is 5.15. The van der Waals surface area contributed by atoms with Gasteiger partial charge in [0, 0.05) is 12.2 Å². The molecule has 1 amide bonds. The number of rotatable bonds is 3. The van der Waals surface area contributed by atoms with E-state index < -0.39 is 5.54 Å². The molecule has 0 radical (unpaired) electrons. The van der Waals surface area contributed by atoms with E-state index in [-0.39, 0.29) is 24.1 Å². The molecular weight excluding hydrogens is 267 g/mol. The number of carbonyl (C=O) groups excluding carboxylic acids is 1.